The van der Waals surface area contributed by atoms with Crippen LogP contribution in [0.4, 0.5) is 13.2 Å². The topological polar surface area (TPSA) is 200 Å². The largest absolute Gasteiger partial charge is 0.494 e. The van der Waals surface area contributed by atoms with Crippen LogP contribution in [0.1, 0.15) is 113 Å². The Bertz CT molecular complexity index is 1990. The van der Waals surface area contributed by atoms with Gasteiger partial charge in [-0.05, 0) is 124 Å². The third-order valence-electron chi connectivity index (χ3n) is 15.2. The van der Waals surface area contributed by atoms with Gasteiger partial charge in [0.05, 0.1) is 53.8 Å². The van der Waals surface area contributed by atoms with Crippen LogP contribution < -0.4 is 4.74 Å². The van der Waals surface area contributed by atoms with E-state index >= 15 is 0 Å². The molecule has 3 saturated heterocycles. The van der Waals surface area contributed by atoms with Gasteiger partial charge in [0.25, 0.3) is 0 Å². The minimum absolute atomic E-state index is 0.0186. The highest BCUT2D eigenvalue weighted by Crippen LogP contribution is 2.41. The van der Waals surface area contributed by atoms with E-state index in [9.17, 15) is 38.4 Å². The van der Waals surface area contributed by atoms with Gasteiger partial charge in [-0.25, -0.2) is 0 Å². The van der Waals surface area contributed by atoms with Crippen LogP contribution in [0, 0.1) is 17.8 Å². The highest BCUT2D eigenvalue weighted by molar-refractivity contribution is 8.00. The zero-order valence-electron chi connectivity index (χ0n) is 44.6. The van der Waals surface area contributed by atoms with Gasteiger partial charge in [-0.1, -0.05) is 26.0 Å². The molecular weight excluding hydrogens is 964 g/mol. The molecule has 3 aliphatic rings. The maximum atomic E-state index is 14.5. The summed E-state index contributed by atoms with van der Waals surface area (Å²) in [5, 5.41) is 56.1. The van der Waals surface area contributed by atoms with Gasteiger partial charge >= 0.3 is 11.5 Å². The summed E-state index contributed by atoms with van der Waals surface area (Å²) in [7, 11) is 5.41. The van der Waals surface area contributed by atoms with Crippen LogP contribution >= 0.6 is 11.8 Å². The second-order valence-corrected chi connectivity index (χ2v) is 22.7. The molecule has 412 valence electrons. The van der Waals surface area contributed by atoms with Gasteiger partial charge in [-0.2, -0.15) is 13.2 Å². The quantitative estimate of drug-likeness (QED) is 0.0839. The Labute approximate surface area is 428 Å². The van der Waals surface area contributed by atoms with Crippen LogP contribution in [0.5, 0.6) is 5.75 Å². The van der Waals surface area contributed by atoms with Crippen molar-refractivity contribution < 1.29 is 71.5 Å². The smallest absolute Gasteiger partial charge is 0.446 e. The van der Waals surface area contributed by atoms with Crippen molar-refractivity contribution in [2.24, 2.45) is 17.8 Å². The summed E-state index contributed by atoms with van der Waals surface area (Å²) >= 11 is -0.167. The standard InChI is InChI=1S/C51H84F3N5O12S/c1-14-40-50(10,64)44(60)34(6)58(12)28-30(2)26-48(8,63)46(32(4)43(33(5)47(62)69-40)70-42-27-49(9,65-13)45(61)35(7)68-42)71-41-25-37(24-31(3)67-41)57(11)22-20-36-29-59(56-55-36)21-15-23-66-38-16-18-39(19-17-38)72-51(52,53)54/h16-19,29-35,37,40-46,60-61,63-64H,14-15,20-28H2,1-13H3/t30-,31-,32+,33-,34-,35+,37+,40-,41+,42+,43+,44-,45+,46-,48-,49-,50-/m1/s1. The van der Waals surface area contributed by atoms with E-state index in [-0.39, 0.29) is 54.0 Å². The molecule has 0 aliphatic carbocycles. The second-order valence-electron chi connectivity index (χ2n) is 21.5. The van der Waals surface area contributed by atoms with Crippen molar-refractivity contribution in [1.82, 2.24) is 24.8 Å². The van der Waals surface area contributed by atoms with Crippen LogP contribution in [0.25, 0.3) is 0 Å². The van der Waals surface area contributed by atoms with Crippen LogP contribution in [-0.4, -0.2) is 182 Å². The molecular formula is C51H84F3N5O12S. The zero-order chi connectivity index (χ0) is 53.5. The summed E-state index contributed by atoms with van der Waals surface area (Å²) in [6.45, 7) is 19.8. The number of halogens is 3. The summed E-state index contributed by atoms with van der Waals surface area (Å²) in [6, 6.07) is 5.28. The van der Waals surface area contributed by atoms with Crippen LogP contribution in [0.2, 0.25) is 0 Å². The molecule has 4 N–H and O–H groups in total. The molecule has 0 unspecified atom stereocenters. The zero-order valence-corrected chi connectivity index (χ0v) is 45.4. The molecule has 17 nitrogen and oxygen atoms in total. The number of ether oxygens (including phenoxy) is 7. The van der Waals surface area contributed by atoms with Gasteiger partial charge in [-0.15, -0.1) is 5.10 Å². The average molecular weight is 1050 g/mol. The maximum absolute atomic E-state index is 14.5. The summed E-state index contributed by atoms with van der Waals surface area (Å²) in [5.41, 5.74) is -7.94. The Hall–Kier alpha value is -2.67. The summed E-state index contributed by atoms with van der Waals surface area (Å²) < 4.78 is 84.1. The fourth-order valence-corrected chi connectivity index (χ4v) is 11.3. The molecule has 72 heavy (non-hydrogen) atoms. The number of carbonyl (C=O) groups excluding carboxylic acids is 1. The van der Waals surface area contributed by atoms with Crippen molar-refractivity contribution in [1.29, 1.82) is 0 Å². The number of likely N-dealkylation sites (N-methyl/N-ethyl adjacent to an activating group) is 2. The number of nitrogens with zero attached hydrogens (tertiary/aromatic N) is 5. The van der Waals surface area contributed by atoms with Crippen molar-refractivity contribution in [2.45, 2.75) is 215 Å². The monoisotopic (exact) mass is 1050 g/mol. The van der Waals surface area contributed by atoms with Gasteiger partial charge in [-0.3, -0.25) is 9.48 Å². The second kappa shape index (κ2) is 25.4. The molecule has 0 bridgehead atoms. The lowest BCUT2D eigenvalue weighted by Crippen LogP contribution is -2.59. The van der Waals surface area contributed by atoms with Crippen molar-refractivity contribution in [3.63, 3.8) is 0 Å². The number of aryl methyl sites for hydroxylation is 1. The maximum Gasteiger partial charge on any atom is 0.446 e. The Balaban J connectivity index is 1.33. The Morgan fingerprint density at radius 1 is 0.958 bits per heavy atom. The fourth-order valence-electron chi connectivity index (χ4n) is 10.8. The number of aliphatic hydroxyl groups is 4. The molecule has 17 atom stereocenters. The van der Waals surface area contributed by atoms with E-state index < -0.39 is 95.4 Å². The number of benzene rings is 1. The third kappa shape index (κ3) is 15.9. The first kappa shape index (κ1) is 60.2. The average Bonchev–Trinajstić information content (AvgIpc) is 3.77. The van der Waals surface area contributed by atoms with Crippen LogP contribution in [-0.2, 0) is 46.2 Å². The van der Waals surface area contributed by atoms with Gasteiger partial charge < -0.3 is 63.4 Å². The molecule has 5 rings (SSSR count). The highest BCUT2D eigenvalue weighted by Gasteiger charge is 2.52. The first-order chi connectivity index (χ1) is 33.6. The number of methoxy groups -OCH3 is 1. The van der Waals surface area contributed by atoms with E-state index in [0.29, 0.717) is 51.3 Å². The normalized spacial score (nSPS) is 38.3. The van der Waals surface area contributed by atoms with Gasteiger partial charge in [0.15, 0.2) is 12.6 Å². The molecule has 0 radical (unpaired) electrons. The predicted molar refractivity (Wildman–Crippen MR) is 264 cm³/mol. The molecule has 0 spiro atoms. The first-order valence-corrected chi connectivity index (χ1v) is 26.3. The van der Waals surface area contributed by atoms with Crippen molar-refractivity contribution >= 4 is 17.7 Å². The number of thioether (sulfide) groups is 1. The summed E-state index contributed by atoms with van der Waals surface area (Å²) in [5.74, 6) is -2.07. The van der Waals surface area contributed by atoms with E-state index in [1.54, 1.807) is 39.3 Å². The Morgan fingerprint density at radius 2 is 1.64 bits per heavy atom. The number of alkyl halides is 3. The first-order valence-electron chi connectivity index (χ1n) is 25.5. The van der Waals surface area contributed by atoms with E-state index in [4.69, 9.17) is 33.2 Å². The van der Waals surface area contributed by atoms with E-state index in [1.807, 2.05) is 52.9 Å². The van der Waals surface area contributed by atoms with Crippen molar-refractivity contribution in [3.05, 3.63) is 36.2 Å². The Kier molecular flexibility index (Phi) is 21.3. The molecule has 4 heterocycles. The molecule has 2 aromatic rings. The van der Waals surface area contributed by atoms with E-state index in [1.165, 1.54) is 38.3 Å². The number of aliphatic hydroxyl groups excluding tert-OH is 2. The number of cyclic esters (lactones) is 1. The van der Waals surface area contributed by atoms with Crippen LogP contribution in [0.15, 0.2) is 35.4 Å². The number of carbonyl (C=O) groups is 1. The number of hydrogen-bond donors (Lipinski definition) is 4. The number of esters is 1. The minimum Gasteiger partial charge on any atom is -0.494 e. The highest BCUT2D eigenvalue weighted by atomic mass is 32.2. The lowest BCUT2D eigenvalue weighted by atomic mass is 9.77. The molecule has 3 aliphatic heterocycles. The molecule has 0 amide bonds. The summed E-state index contributed by atoms with van der Waals surface area (Å²) in [4.78, 5) is 18.7. The van der Waals surface area contributed by atoms with Crippen molar-refractivity contribution in [2.75, 3.05) is 40.9 Å². The Morgan fingerprint density at radius 3 is 2.28 bits per heavy atom. The lowest BCUT2D eigenvalue weighted by Gasteiger charge is -2.48. The van der Waals surface area contributed by atoms with Gasteiger partial charge in [0.2, 0.25) is 0 Å². The minimum atomic E-state index is -4.35. The molecule has 1 aromatic heterocycles. The predicted octanol–water partition coefficient (Wildman–Crippen LogP) is 6.22. The van der Waals surface area contributed by atoms with Gasteiger partial charge in [0.1, 0.15) is 29.7 Å². The lowest BCUT2D eigenvalue weighted by molar-refractivity contribution is -0.308. The number of aromatic nitrogens is 3. The molecule has 1 aromatic carbocycles. The van der Waals surface area contributed by atoms with E-state index in [2.05, 4.69) is 15.2 Å². The van der Waals surface area contributed by atoms with E-state index in [0.717, 1.165) is 12.1 Å². The molecule has 21 heteroatoms. The third-order valence-corrected chi connectivity index (χ3v) is 15.9. The molecule has 3 fully saturated rings. The fraction of sp³-hybridized carbons (Fsp3) is 0.824. The summed E-state index contributed by atoms with van der Waals surface area (Å²) in [6.07, 6.45) is -3.05. The SMILES string of the molecule is CC[C@H]1OC(=O)[C@H](C)[C@@H](O[C@H]2C[C@@](C)(OC)[C@@H](O)[C@H](C)O2)[C@H](C)[C@@H](O[C@H]2C[C@@H](N(C)CCc3cn(CCCOc4ccc(SC(F)(F)F)cc4)nn3)C[C@@H](C)O2)[C@](C)(O)C[C@@H](C)CN(C)[C@H](C)[C@@H](O)[C@]1(C)O. The van der Waals surface area contributed by atoms with Crippen LogP contribution in [0.3, 0.4) is 0 Å². The van der Waals surface area contributed by atoms with Gasteiger partial charge in [0, 0.05) is 81.5 Å². The molecule has 0 saturated carbocycles. The number of rotatable bonds is 16. The van der Waals surface area contributed by atoms with Crippen molar-refractivity contribution in [3.8, 4) is 5.75 Å². The number of hydrogen-bond acceptors (Lipinski definition) is 17.